The summed E-state index contributed by atoms with van der Waals surface area (Å²) in [6.45, 7) is 19.5. The number of hydrogen-bond acceptors (Lipinski definition) is 11. The molecule has 0 aromatic carbocycles. The molecule has 4 saturated heterocycles. The van der Waals surface area contributed by atoms with Crippen LogP contribution in [-0.4, -0.2) is 92.6 Å². The summed E-state index contributed by atoms with van der Waals surface area (Å²) in [4.78, 5) is 26.2. The van der Waals surface area contributed by atoms with Crippen molar-refractivity contribution in [2.24, 2.45) is 41.4 Å². The number of rotatable bonds is 12. The molecule has 5 aliphatic rings. The molecule has 3 N–H and O–H groups in total. The van der Waals surface area contributed by atoms with Gasteiger partial charge in [-0.05, 0) is 95.6 Å². The van der Waals surface area contributed by atoms with Crippen molar-refractivity contribution in [1.82, 2.24) is 0 Å². The van der Waals surface area contributed by atoms with E-state index in [1.807, 2.05) is 41.5 Å². The van der Waals surface area contributed by atoms with E-state index >= 15 is 0 Å². The van der Waals surface area contributed by atoms with E-state index in [1.54, 1.807) is 19.1 Å². The van der Waals surface area contributed by atoms with Crippen molar-refractivity contribution >= 4 is 11.8 Å². The Hall–Kier alpha value is 0.196. The van der Waals surface area contributed by atoms with Gasteiger partial charge in [-0.15, -0.1) is 0 Å². The molecule has 0 aromatic rings. The number of ketones is 1. The Kier molecular flexibility index (Phi) is 15.8. The number of carbonyl (C=O) groups is 2. The van der Waals surface area contributed by atoms with Crippen molar-refractivity contribution in [3.05, 3.63) is 12.2 Å². The van der Waals surface area contributed by atoms with Gasteiger partial charge in [0.25, 0.3) is 0 Å². The number of carboxylic acid groups (broad SMARTS) is 1. The zero-order valence-electron chi connectivity index (χ0n) is 34.9. The number of aliphatic hydroxyl groups excluding tert-OH is 2. The van der Waals surface area contributed by atoms with E-state index in [1.165, 1.54) is 0 Å². The molecule has 0 amide bonds. The molecular weight excluding hydrogens is 720 g/mol. The summed E-state index contributed by atoms with van der Waals surface area (Å²) in [5.74, 6) is -6.24. The molecule has 54 heavy (non-hydrogen) atoms. The fourth-order valence-electron chi connectivity index (χ4n) is 10.5. The van der Waals surface area contributed by atoms with E-state index in [4.69, 9.17) is 23.7 Å². The molecule has 5 heterocycles. The van der Waals surface area contributed by atoms with Crippen LogP contribution in [0, 0.1) is 41.4 Å². The Morgan fingerprint density at radius 3 is 2.17 bits per heavy atom. The van der Waals surface area contributed by atoms with Crippen LogP contribution in [0.25, 0.3) is 0 Å². The van der Waals surface area contributed by atoms with Gasteiger partial charge >= 0.3 is 51.4 Å². The normalized spacial score (nSPS) is 45.3. The van der Waals surface area contributed by atoms with Crippen molar-refractivity contribution in [2.45, 2.75) is 199 Å². The predicted octanol–water partition coefficient (Wildman–Crippen LogP) is 1.86. The van der Waals surface area contributed by atoms with E-state index in [0.717, 1.165) is 6.42 Å². The average Bonchev–Trinajstić information content (AvgIpc) is 3.47. The third-order valence-electron chi connectivity index (χ3n) is 14.4. The Bertz CT molecular complexity index is 1330. The Balaban J connectivity index is 0.00000650. The molecular formula is C42H69KO11. The molecule has 18 atom stereocenters. The number of carboxylic acids is 1. The van der Waals surface area contributed by atoms with Gasteiger partial charge in [-0.2, -0.15) is 0 Å². The van der Waals surface area contributed by atoms with Gasteiger partial charge in [0.05, 0.1) is 47.8 Å². The van der Waals surface area contributed by atoms with Gasteiger partial charge in [0, 0.05) is 42.0 Å². The van der Waals surface area contributed by atoms with Crippen LogP contribution >= 0.6 is 0 Å². The minimum Gasteiger partial charge on any atom is -0.550 e. The second kappa shape index (κ2) is 18.2. The molecule has 0 radical (unpaired) electrons. The predicted molar refractivity (Wildman–Crippen MR) is 196 cm³/mol. The number of Topliss-reactive ketones (excluding diaryl/α,β-unsaturated/α-hetero) is 1. The van der Waals surface area contributed by atoms with E-state index in [-0.39, 0.29) is 87.1 Å². The summed E-state index contributed by atoms with van der Waals surface area (Å²) in [5.41, 5.74) is -1.64. The maximum Gasteiger partial charge on any atom is 1.00 e. The molecule has 2 spiro atoms. The van der Waals surface area contributed by atoms with E-state index in [0.29, 0.717) is 57.8 Å². The molecule has 304 valence electrons. The summed E-state index contributed by atoms with van der Waals surface area (Å²) in [7, 11) is 0. The van der Waals surface area contributed by atoms with Crippen LogP contribution < -0.4 is 56.5 Å². The molecule has 0 aliphatic carbocycles. The average molecular weight is 789 g/mol. The summed E-state index contributed by atoms with van der Waals surface area (Å²) < 4.78 is 33.4. The van der Waals surface area contributed by atoms with Gasteiger partial charge < -0.3 is 48.9 Å². The van der Waals surface area contributed by atoms with Crippen LogP contribution in [0.4, 0.5) is 0 Å². The van der Waals surface area contributed by atoms with Gasteiger partial charge in [-0.1, -0.05) is 55.4 Å². The zero-order chi connectivity index (χ0) is 39.3. The molecule has 0 saturated carbocycles. The zero-order valence-corrected chi connectivity index (χ0v) is 38.0. The topological polar surface area (TPSA) is 164 Å². The summed E-state index contributed by atoms with van der Waals surface area (Å²) >= 11 is 0. The van der Waals surface area contributed by atoms with Gasteiger partial charge in [-0.25, -0.2) is 0 Å². The van der Waals surface area contributed by atoms with Crippen LogP contribution in [0.1, 0.15) is 133 Å². The standard InChI is InChI=1S/C42H70O11.K/c1-11-29(38(46)47)31-15-14-23(4)36(50-31)27(8)34(44)26(7)35(45)30(12-2)37-24(5)22-25(6)41(51-37)19-16-32(43)42(53-41)21-20-39(10,52-42)33-17-18-40(48,13-3)28(9)49-33;/h16,19,23-34,36-37,43-44,48H,11-15,17-18,20-22H2,1-10H3,(H,46,47);/q;+1/p-1/t23-,24-,25+,26-,27-,28-,29+,30-,31+,32+,33+,34+,36+,37-,39-,40+,41-,42-;/m0./s1. The number of ether oxygens (including phenoxy) is 5. The molecule has 4 fully saturated rings. The minimum absolute atomic E-state index is 0. The second-order valence-electron chi connectivity index (χ2n) is 17.9. The van der Waals surface area contributed by atoms with Crippen molar-refractivity contribution in [1.29, 1.82) is 0 Å². The van der Waals surface area contributed by atoms with Gasteiger partial charge in [-0.3, -0.25) is 4.79 Å². The Morgan fingerprint density at radius 1 is 0.907 bits per heavy atom. The fraction of sp³-hybridized carbons (Fsp3) is 0.905. The first kappa shape index (κ1) is 46.9. The maximum absolute atomic E-state index is 14.4. The smallest absolute Gasteiger partial charge is 0.550 e. The third-order valence-corrected chi connectivity index (χ3v) is 14.4. The van der Waals surface area contributed by atoms with Crippen molar-refractivity contribution < 1.29 is 105 Å². The Morgan fingerprint density at radius 2 is 1.57 bits per heavy atom. The number of hydrogen-bond donors (Lipinski definition) is 3. The van der Waals surface area contributed by atoms with Crippen molar-refractivity contribution in [2.75, 3.05) is 0 Å². The van der Waals surface area contributed by atoms with Crippen LogP contribution in [-0.2, 0) is 33.3 Å². The minimum atomic E-state index is -1.37. The molecule has 5 aliphatic heterocycles. The van der Waals surface area contributed by atoms with Gasteiger partial charge in [0.2, 0.25) is 5.79 Å². The largest absolute Gasteiger partial charge is 1.00 e. The van der Waals surface area contributed by atoms with E-state index in [9.17, 15) is 30.0 Å². The van der Waals surface area contributed by atoms with Crippen LogP contribution in [0.5, 0.6) is 0 Å². The van der Waals surface area contributed by atoms with Crippen LogP contribution in [0.15, 0.2) is 12.2 Å². The first-order valence-corrected chi connectivity index (χ1v) is 20.7. The molecule has 0 bridgehead atoms. The first-order chi connectivity index (χ1) is 24.8. The monoisotopic (exact) mass is 788 g/mol. The maximum atomic E-state index is 14.4. The van der Waals surface area contributed by atoms with E-state index in [2.05, 4.69) is 20.8 Å². The van der Waals surface area contributed by atoms with Gasteiger partial charge in [0.1, 0.15) is 11.9 Å². The Labute approximate surface area is 366 Å². The summed E-state index contributed by atoms with van der Waals surface area (Å²) in [5, 5.41) is 46.0. The fourth-order valence-corrected chi connectivity index (χ4v) is 10.5. The van der Waals surface area contributed by atoms with Crippen LogP contribution in [0.2, 0.25) is 0 Å². The number of aliphatic carboxylic acids is 1. The van der Waals surface area contributed by atoms with Crippen molar-refractivity contribution in [3.63, 3.8) is 0 Å². The van der Waals surface area contributed by atoms with Crippen LogP contribution in [0.3, 0.4) is 0 Å². The number of carbonyl (C=O) groups excluding carboxylic acids is 2. The molecule has 0 unspecified atom stereocenters. The van der Waals surface area contributed by atoms with Gasteiger partial charge in [0.15, 0.2) is 5.79 Å². The molecule has 5 rings (SSSR count). The second-order valence-corrected chi connectivity index (χ2v) is 17.9. The third kappa shape index (κ3) is 8.87. The molecule has 11 nitrogen and oxygen atoms in total. The van der Waals surface area contributed by atoms with Crippen molar-refractivity contribution in [3.8, 4) is 0 Å². The quantitative estimate of drug-likeness (QED) is 0.196. The summed E-state index contributed by atoms with van der Waals surface area (Å²) in [6.07, 6.45) is 5.22. The first-order valence-electron chi connectivity index (χ1n) is 20.7. The van der Waals surface area contributed by atoms with E-state index < -0.39 is 82.9 Å². The SMILES string of the molecule is CC[C@@H](C(=O)[C@@H](C)[C@@H](O)[C@H](C)[C@@H]1O[C@@H]([C@@H](CC)C(=O)[O-])CC[C@@H]1C)[C@H]1O[C@]2(C=C[C@@H](O)[C@]3(CC[C@@](C)([C@H]4CC[C@](O)(CC)[C@H](C)O4)O3)O2)[C@H](C)C[C@@H]1C.[K+]. The number of aliphatic hydroxyl groups is 3. The molecule has 12 heteroatoms. The molecule has 0 aromatic heterocycles. The summed E-state index contributed by atoms with van der Waals surface area (Å²) in [6, 6.07) is 0.